The Labute approximate surface area is 402 Å². The zero-order valence-electron chi connectivity index (χ0n) is 37.2. The average molecular weight is 895 g/mol. The van der Waals surface area contributed by atoms with Crippen molar-refractivity contribution in [3.8, 4) is 78.4 Å². The quantitative estimate of drug-likeness (QED) is 0.173. The fourth-order valence-electron chi connectivity index (χ4n) is 11.8. The van der Waals surface area contributed by atoms with Gasteiger partial charge in [-0.3, -0.25) is 0 Å². The molecule has 2 aliphatic carbocycles. The number of benzene rings is 10. The van der Waals surface area contributed by atoms with Gasteiger partial charge >= 0.3 is 0 Å². The van der Waals surface area contributed by atoms with Crippen molar-refractivity contribution in [2.75, 3.05) is 0 Å². The van der Waals surface area contributed by atoms with Crippen molar-refractivity contribution < 1.29 is 4.42 Å². The minimum atomic E-state index is -0.418. The molecule has 3 aromatic heterocycles. The molecule has 3 nitrogen and oxygen atoms in total. The summed E-state index contributed by atoms with van der Waals surface area (Å²) in [7, 11) is 0. The third-order valence-corrected chi connectivity index (χ3v) is 15.9. The lowest BCUT2D eigenvalue weighted by atomic mass is 9.70. The number of aromatic nitrogens is 2. The van der Waals surface area contributed by atoms with Crippen molar-refractivity contribution in [1.29, 1.82) is 0 Å². The molecule has 0 unspecified atom stereocenters. The molecule has 13 aromatic rings. The first-order valence-electron chi connectivity index (χ1n) is 23.5. The minimum absolute atomic E-state index is 0.418. The normalized spacial score (nSPS) is 13.0. The van der Waals surface area contributed by atoms with Gasteiger partial charge in [0.05, 0.1) is 16.8 Å². The van der Waals surface area contributed by atoms with Crippen LogP contribution >= 0.6 is 11.3 Å². The van der Waals surface area contributed by atoms with Gasteiger partial charge in [-0.25, -0.2) is 9.97 Å². The van der Waals surface area contributed by atoms with Gasteiger partial charge in [0.15, 0.2) is 5.82 Å². The Morgan fingerprint density at radius 2 is 0.928 bits per heavy atom. The van der Waals surface area contributed by atoms with Crippen molar-refractivity contribution in [2.24, 2.45) is 0 Å². The summed E-state index contributed by atoms with van der Waals surface area (Å²) in [6.07, 6.45) is 0. The maximum atomic E-state index is 6.74. The number of hydrogen-bond acceptors (Lipinski definition) is 4. The van der Waals surface area contributed by atoms with E-state index in [1.807, 2.05) is 11.3 Å². The SMILES string of the molecule is c1ccc(-c2cccc(-c3cc(-c4cccc5oc6ccc(-c7cccc8c7-c7ccccc7C87c8ccccc8-c8ccccc87)cc6c45)nc(-c4ccc5sc6ccccc6c5c4)n3)c2)cc1. The van der Waals surface area contributed by atoms with E-state index in [4.69, 9.17) is 14.4 Å². The van der Waals surface area contributed by atoms with Crippen LogP contribution in [-0.2, 0) is 5.41 Å². The van der Waals surface area contributed by atoms with E-state index >= 15 is 0 Å². The Bertz CT molecular complexity index is 4230. The van der Waals surface area contributed by atoms with Crippen molar-refractivity contribution in [2.45, 2.75) is 5.41 Å². The molecule has 1 spiro atoms. The number of fused-ring (bicyclic) bond motifs is 16. The first-order valence-corrected chi connectivity index (χ1v) is 24.4. The van der Waals surface area contributed by atoms with E-state index in [0.717, 1.165) is 66.7 Å². The third kappa shape index (κ3) is 5.55. The van der Waals surface area contributed by atoms with Crippen LogP contribution in [0.25, 0.3) is 121 Å². The molecule has 0 N–H and O–H groups in total. The van der Waals surface area contributed by atoms with Gasteiger partial charge in [-0.15, -0.1) is 11.3 Å². The Hall–Kier alpha value is -8.70. The lowest BCUT2D eigenvalue weighted by molar-refractivity contribution is 0.669. The van der Waals surface area contributed by atoms with Gasteiger partial charge in [0, 0.05) is 47.6 Å². The number of nitrogens with zero attached hydrogens (tertiary/aromatic N) is 2. The molecule has 0 fully saturated rings. The summed E-state index contributed by atoms with van der Waals surface area (Å²) < 4.78 is 9.26. The topological polar surface area (TPSA) is 38.9 Å². The van der Waals surface area contributed by atoms with Crippen LogP contribution in [0.3, 0.4) is 0 Å². The van der Waals surface area contributed by atoms with Crippen LogP contribution < -0.4 is 0 Å². The molecule has 0 radical (unpaired) electrons. The van der Waals surface area contributed by atoms with E-state index in [1.165, 1.54) is 70.2 Å². The second kappa shape index (κ2) is 14.6. The number of rotatable bonds is 5. The van der Waals surface area contributed by atoms with Gasteiger partial charge in [-0.1, -0.05) is 176 Å². The summed E-state index contributed by atoms with van der Waals surface area (Å²) in [5.74, 6) is 0.679. The summed E-state index contributed by atoms with van der Waals surface area (Å²) in [4.78, 5) is 10.8. The summed E-state index contributed by atoms with van der Waals surface area (Å²) >= 11 is 1.82. The lowest BCUT2D eigenvalue weighted by Gasteiger charge is -2.30. The predicted molar refractivity (Wildman–Crippen MR) is 286 cm³/mol. The van der Waals surface area contributed by atoms with Gasteiger partial charge in [0.2, 0.25) is 0 Å². The van der Waals surface area contributed by atoms with E-state index in [2.05, 4.69) is 231 Å². The Morgan fingerprint density at radius 3 is 1.77 bits per heavy atom. The molecule has 4 heteroatoms. The van der Waals surface area contributed by atoms with E-state index < -0.39 is 5.41 Å². The maximum Gasteiger partial charge on any atom is 0.160 e. The molecule has 15 rings (SSSR count). The van der Waals surface area contributed by atoms with Gasteiger partial charge in [0.1, 0.15) is 11.2 Å². The van der Waals surface area contributed by atoms with E-state index in [0.29, 0.717) is 5.82 Å². The minimum Gasteiger partial charge on any atom is -0.456 e. The molecule has 0 aliphatic heterocycles. The first kappa shape index (κ1) is 38.4. The highest BCUT2D eigenvalue weighted by Gasteiger charge is 2.52. The van der Waals surface area contributed by atoms with Crippen molar-refractivity contribution >= 4 is 53.4 Å². The van der Waals surface area contributed by atoms with Crippen LogP contribution in [-0.4, -0.2) is 9.97 Å². The van der Waals surface area contributed by atoms with Crippen LogP contribution in [0.15, 0.2) is 235 Å². The highest BCUT2D eigenvalue weighted by molar-refractivity contribution is 7.25. The standard InChI is InChI=1S/C65H38N2OS/c1-2-15-39(16-3-1)40-17-12-18-42(35-40)56-38-57(67-64(66-56)43-32-34-61-50(37-43)47-21-7-11-30-60(47)69-61)49-24-14-29-59-63(49)51-36-41(31-33-58(51)68-59)44-23-13-28-55-62(44)48-22-6-10-27-54(48)65(55)52-25-8-4-19-45(52)46-20-5-9-26-53(46)65/h1-38H. The molecular formula is C65H38N2OS. The molecule has 0 atom stereocenters. The zero-order chi connectivity index (χ0) is 45.2. The van der Waals surface area contributed by atoms with Crippen LogP contribution in [0, 0.1) is 0 Å². The monoisotopic (exact) mass is 894 g/mol. The van der Waals surface area contributed by atoms with Crippen LogP contribution in [0.5, 0.6) is 0 Å². The summed E-state index contributed by atoms with van der Waals surface area (Å²) in [5, 5.41) is 4.54. The molecule has 0 bridgehead atoms. The largest absolute Gasteiger partial charge is 0.456 e. The summed E-state index contributed by atoms with van der Waals surface area (Å²) in [5.41, 5.74) is 21.1. The molecule has 320 valence electrons. The van der Waals surface area contributed by atoms with Crippen LogP contribution in [0.2, 0.25) is 0 Å². The Morgan fingerprint density at radius 1 is 0.333 bits per heavy atom. The van der Waals surface area contributed by atoms with E-state index in [-0.39, 0.29) is 0 Å². The molecule has 10 aromatic carbocycles. The Balaban J connectivity index is 0.938. The predicted octanol–water partition coefficient (Wildman–Crippen LogP) is 17.4. The van der Waals surface area contributed by atoms with Crippen LogP contribution in [0.1, 0.15) is 22.3 Å². The molecule has 0 saturated heterocycles. The van der Waals surface area contributed by atoms with Gasteiger partial charge in [-0.2, -0.15) is 0 Å². The van der Waals surface area contributed by atoms with E-state index in [1.54, 1.807) is 0 Å². The summed E-state index contributed by atoms with van der Waals surface area (Å²) in [6.45, 7) is 0. The van der Waals surface area contributed by atoms with Crippen molar-refractivity contribution in [3.05, 3.63) is 253 Å². The van der Waals surface area contributed by atoms with Gasteiger partial charge in [0.25, 0.3) is 0 Å². The molecule has 0 amide bonds. The molecule has 2 aliphatic rings. The number of furan rings is 1. The third-order valence-electron chi connectivity index (χ3n) is 14.7. The van der Waals surface area contributed by atoms with Gasteiger partial charge < -0.3 is 4.42 Å². The van der Waals surface area contributed by atoms with Crippen molar-refractivity contribution in [1.82, 2.24) is 9.97 Å². The first-order chi connectivity index (χ1) is 34.2. The zero-order valence-corrected chi connectivity index (χ0v) is 38.0. The number of thiophene rings is 1. The highest BCUT2D eigenvalue weighted by Crippen LogP contribution is 2.64. The molecule has 69 heavy (non-hydrogen) atoms. The van der Waals surface area contributed by atoms with E-state index in [9.17, 15) is 0 Å². The molecule has 0 saturated carbocycles. The van der Waals surface area contributed by atoms with Crippen LogP contribution in [0.4, 0.5) is 0 Å². The molecule has 3 heterocycles. The fraction of sp³-hybridized carbons (Fsp3) is 0.0154. The maximum absolute atomic E-state index is 6.74. The second-order valence-electron chi connectivity index (χ2n) is 18.3. The lowest BCUT2D eigenvalue weighted by Crippen LogP contribution is -2.25. The fourth-order valence-corrected chi connectivity index (χ4v) is 12.9. The van der Waals surface area contributed by atoms with Gasteiger partial charge in [-0.05, 0) is 121 Å². The summed E-state index contributed by atoms with van der Waals surface area (Å²) in [6, 6.07) is 83.7. The highest BCUT2D eigenvalue weighted by atomic mass is 32.1. The average Bonchev–Trinajstić information content (AvgIpc) is 4.16. The van der Waals surface area contributed by atoms with Crippen molar-refractivity contribution in [3.63, 3.8) is 0 Å². The second-order valence-corrected chi connectivity index (χ2v) is 19.4. The number of hydrogen-bond donors (Lipinski definition) is 0. The Kier molecular flexibility index (Phi) is 8.15. The smallest absolute Gasteiger partial charge is 0.160 e. The molecular weight excluding hydrogens is 857 g/mol.